The van der Waals surface area contributed by atoms with Crippen LogP contribution in [-0.4, -0.2) is 61.5 Å². The third-order valence-electron chi connectivity index (χ3n) is 4.12. The van der Waals surface area contributed by atoms with Gasteiger partial charge in [-0.05, 0) is 38.4 Å². The van der Waals surface area contributed by atoms with E-state index < -0.39 is 0 Å². The highest BCUT2D eigenvalue weighted by molar-refractivity contribution is 5.79. The molecule has 1 unspecified atom stereocenters. The Morgan fingerprint density at radius 3 is 2.45 bits per heavy atom. The van der Waals surface area contributed by atoms with Crippen LogP contribution in [0.3, 0.4) is 0 Å². The van der Waals surface area contributed by atoms with Crippen molar-refractivity contribution in [1.82, 2.24) is 15.1 Å². The average Bonchev–Trinajstić information content (AvgIpc) is 2.46. The molecule has 1 aliphatic rings. The van der Waals surface area contributed by atoms with Gasteiger partial charge < -0.3 is 15.1 Å². The maximum absolute atomic E-state index is 12.7. The van der Waals surface area contributed by atoms with E-state index in [4.69, 9.17) is 0 Å². The molecule has 1 atom stereocenters. The van der Waals surface area contributed by atoms with Gasteiger partial charge >= 0.3 is 0 Å². The van der Waals surface area contributed by atoms with Crippen LogP contribution in [0.4, 0.5) is 0 Å². The van der Waals surface area contributed by atoms with Gasteiger partial charge in [0.25, 0.3) is 0 Å². The third kappa shape index (κ3) is 5.80. The third-order valence-corrected chi connectivity index (χ3v) is 4.12. The Morgan fingerprint density at radius 1 is 1.25 bits per heavy atom. The van der Waals surface area contributed by atoms with E-state index in [1.165, 1.54) is 0 Å². The molecule has 4 nitrogen and oxygen atoms in total. The monoisotopic (exact) mass is 283 g/mol. The van der Waals surface area contributed by atoms with E-state index in [9.17, 15) is 4.79 Å². The molecule has 118 valence electrons. The van der Waals surface area contributed by atoms with Crippen LogP contribution in [0, 0.1) is 11.8 Å². The van der Waals surface area contributed by atoms with E-state index in [-0.39, 0.29) is 5.92 Å². The predicted molar refractivity (Wildman–Crippen MR) is 84.8 cm³/mol. The van der Waals surface area contributed by atoms with Gasteiger partial charge in [-0.25, -0.2) is 0 Å². The fourth-order valence-electron chi connectivity index (χ4n) is 2.85. The second-order valence-electron chi connectivity index (χ2n) is 6.25. The number of carbonyl (C=O) groups is 1. The molecule has 1 fully saturated rings. The highest BCUT2D eigenvalue weighted by Gasteiger charge is 2.26. The summed E-state index contributed by atoms with van der Waals surface area (Å²) in [6.07, 6.45) is 2.17. The summed E-state index contributed by atoms with van der Waals surface area (Å²) in [4.78, 5) is 17.2. The zero-order valence-corrected chi connectivity index (χ0v) is 13.8. The summed E-state index contributed by atoms with van der Waals surface area (Å²) in [7, 11) is 0. The van der Waals surface area contributed by atoms with Gasteiger partial charge in [0.15, 0.2) is 0 Å². The lowest BCUT2D eigenvalue weighted by Crippen LogP contribution is -2.46. The number of nitrogens with zero attached hydrogens (tertiary/aromatic N) is 2. The minimum Gasteiger partial charge on any atom is -0.341 e. The Morgan fingerprint density at radius 2 is 1.95 bits per heavy atom. The van der Waals surface area contributed by atoms with E-state index in [2.05, 4.69) is 42.8 Å². The lowest BCUT2D eigenvalue weighted by molar-refractivity contribution is -0.136. The fraction of sp³-hybridized carbons (Fsp3) is 0.938. The molecule has 0 aromatic rings. The minimum atomic E-state index is 0.194. The minimum absolute atomic E-state index is 0.194. The Bertz CT molecular complexity index is 271. The lowest BCUT2D eigenvalue weighted by Gasteiger charge is -2.32. The first kappa shape index (κ1) is 17.4. The molecule has 4 heteroatoms. The van der Waals surface area contributed by atoms with Gasteiger partial charge in [-0.3, -0.25) is 4.79 Å². The SMILES string of the molecule is CCN(CC)CCN(CC(C)C)C(=O)C1CCCNC1. The maximum Gasteiger partial charge on any atom is 0.227 e. The molecule has 0 bridgehead atoms. The van der Waals surface area contributed by atoms with Crippen molar-refractivity contribution in [3.05, 3.63) is 0 Å². The average molecular weight is 283 g/mol. The second-order valence-corrected chi connectivity index (χ2v) is 6.25. The highest BCUT2D eigenvalue weighted by Crippen LogP contribution is 2.14. The molecule has 0 aromatic heterocycles. The molecule has 0 radical (unpaired) electrons. The molecular formula is C16H33N3O. The summed E-state index contributed by atoms with van der Waals surface area (Å²) in [5.74, 6) is 1.09. The summed E-state index contributed by atoms with van der Waals surface area (Å²) in [5.41, 5.74) is 0. The second kappa shape index (κ2) is 9.35. The number of rotatable bonds is 8. The largest absolute Gasteiger partial charge is 0.341 e. The number of carbonyl (C=O) groups excluding carboxylic acids is 1. The van der Waals surface area contributed by atoms with E-state index >= 15 is 0 Å². The van der Waals surface area contributed by atoms with Crippen LogP contribution in [0.15, 0.2) is 0 Å². The molecule has 1 amide bonds. The van der Waals surface area contributed by atoms with Gasteiger partial charge in [0, 0.05) is 26.2 Å². The van der Waals surface area contributed by atoms with Crippen molar-refractivity contribution in [2.75, 3.05) is 45.8 Å². The van der Waals surface area contributed by atoms with Gasteiger partial charge in [-0.2, -0.15) is 0 Å². The van der Waals surface area contributed by atoms with E-state index in [0.29, 0.717) is 11.8 Å². The molecule has 1 saturated heterocycles. The van der Waals surface area contributed by atoms with E-state index in [1.54, 1.807) is 0 Å². The van der Waals surface area contributed by atoms with Crippen molar-refractivity contribution in [1.29, 1.82) is 0 Å². The number of amides is 1. The molecular weight excluding hydrogens is 250 g/mol. The summed E-state index contributed by atoms with van der Waals surface area (Å²) in [5, 5.41) is 3.35. The van der Waals surface area contributed by atoms with Crippen molar-refractivity contribution in [3.8, 4) is 0 Å². The van der Waals surface area contributed by atoms with E-state index in [1.807, 2.05) is 0 Å². The molecule has 1 rings (SSSR count). The predicted octanol–water partition coefficient (Wildman–Crippen LogP) is 1.81. The van der Waals surface area contributed by atoms with Crippen molar-refractivity contribution in [2.45, 2.75) is 40.5 Å². The van der Waals surface area contributed by atoms with Gasteiger partial charge in [-0.15, -0.1) is 0 Å². The number of hydrogen-bond acceptors (Lipinski definition) is 3. The van der Waals surface area contributed by atoms with Crippen LogP contribution in [0.25, 0.3) is 0 Å². The fourth-order valence-corrected chi connectivity index (χ4v) is 2.85. The van der Waals surface area contributed by atoms with Crippen molar-refractivity contribution < 1.29 is 4.79 Å². The number of likely N-dealkylation sites (N-methyl/N-ethyl adjacent to an activating group) is 1. The topological polar surface area (TPSA) is 35.6 Å². The molecule has 1 N–H and O–H groups in total. The number of piperidine rings is 1. The quantitative estimate of drug-likeness (QED) is 0.738. The highest BCUT2D eigenvalue weighted by atomic mass is 16.2. The lowest BCUT2D eigenvalue weighted by atomic mass is 9.97. The summed E-state index contributed by atoms with van der Waals surface area (Å²) in [6.45, 7) is 15.5. The molecule has 20 heavy (non-hydrogen) atoms. The molecule has 0 saturated carbocycles. The molecule has 0 aliphatic carbocycles. The smallest absolute Gasteiger partial charge is 0.227 e. The Balaban J connectivity index is 2.55. The molecule has 1 heterocycles. The van der Waals surface area contributed by atoms with Crippen LogP contribution >= 0.6 is 0 Å². The summed E-state index contributed by atoms with van der Waals surface area (Å²) < 4.78 is 0. The van der Waals surface area contributed by atoms with Crippen molar-refractivity contribution in [2.24, 2.45) is 11.8 Å². The first-order valence-corrected chi connectivity index (χ1v) is 8.30. The van der Waals surface area contributed by atoms with Gasteiger partial charge in [0.1, 0.15) is 0 Å². The van der Waals surface area contributed by atoms with Crippen LogP contribution < -0.4 is 5.32 Å². The first-order chi connectivity index (χ1) is 9.58. The molecule has 1 aliphatic heterocycles. The number of nitrogens with one attached hydrogen (secondary N) is 1. The van der Waals surface area contributed by atoms with E-state index in [0.717, 1.165) is 58.7 Å². The summed E-state index contributed by atoms with van der Waals surface area (Å²) >= 11 is 0. The standard InChI is InChI=1S/C16H33N3O/c1-5-18(6-2)10-11-19(13-14(3)4)16(20)15-8-7-9-17-12-15/h14-15,17H,5-13H2,1-4H3. The van der Waals surface area contributed by atoms with Crippen LogP contribution in [0.5, 0.6) is 0 Å². The molecule has 0 spiro atoms. The van der Waals surface area contributed by atoms with Crippen molar-refractivity contribution in [3.63, 3.8) is 0 Å². The zero-order valence-electron chi connectivity index (χ0n) is 13.8. The Hall–Kier alpha value is -0.610. The Kier molecular flexibility index (Phi) is 8.15. The van der Waals surface area contributed by atoms with Gasteiger partial charge in [-0.1, -0.05) is 27.7 Å². The van der Waals surface area contributed by atoms with Gasteiger partial charge in [0.05, 0.1) is 5.92 Å². The van der Waals surface area contributed by atoms with Crippen LogP contribution in [-0.2, 0) is 4.79 Å². The normalized spacial score (nSPS) is 19.6. The maximum atomic E-state index is 12.7. The van der Waals surface area contributed by atoms with Gasteiger partial charge in [0.2, 0.25) is 5.91 Å². The summed E-state index contributed by atoms with van der Waals surface area (Å²) in [6, 6.07) is 0. The van der Waals surface area contributed by atoms with Crippen molar-refractivity contribution >= 4 is 5.91 Å². The van der Waals surface area contributed by atoms with Crippen LogP contribution in [0.1, 0.15) is 40.5 Å². The van der Waals surface area contributed by atoms with Crippen LogP contribution in [0.2, 0.25) is 0 Å². The first-order valence-electron chi connectivity index (χ1n) is 8.30. The number of hydrogen-bond donors (Lipinski definition) is 1. The Labute approximate surface area is 124 Å². The zero-order chi connectivity index (χ0) is 15.0. The molecule has 0 aromatic carbocycles.